The molecule has 6 heteroatoms. The van der Waals surface area contributed by atoms with Gasteiger partial charge in [0.2, 0.25) is 0 Å². The minimum Gasteiger partial charge on any atom is -0.309 e. The highest BCUT2D eigenvalue weighted by Gasteiger charge is 2.20. The average molecular weight is 741 g/mol. The number of fused-ring (bicyclic) bond motifs is 8. The van der Waals surface area contributed by atoms with E-state index in [0.29, 0.717) is 17.5 Å². The zero-order valence-corrected chi connectivity index (χ0v) is 31.2. The highest BCUT2D eigenvalue weighted by molar-refractivity contribution is 6.19. The molecule has 270 valence electrons. The zero-order valence-electron chi connectivity index (χ0n) is 31.2. The number of benzene rings is 8. The maximum atomic E-state index is 5.16. The molecule has 0 spiro atoms. The van der Waals surface area contributed by atoms with E-state index in [9.17, 15) is 0 Å². The summed E-state index contributed by atoms with van der Waals surface area (Å²) in [5, 5.41) is 9.25. The molecule has 4 aromatic heterocycles. The Morgan fingerprint density at radius 1 is 0.328 bits per heavy atom. The normalized spacial score (nSPS) is 11.8. The van der Waals surface area contributed by atoms with Gasteiger partial charge in [-0.05, 0) is 70.1 Å². The zero-order chi connectivity index (χ0) is 38.2. The van der Waals surface area contributed by atoms with Crippen LogP contribution in [0.25, 0.3) is 111 Å². The number of pyridine rings is 1. The van der Waals surface area contributed by atoms with Gasteiger partial charge in [-0.15, -0.1) is 0 Å². The third kappa shape index (κ3) is 4.98. The second kappa shape index (κ2) is 12.8. The number of rotatable bonds is 5. The number of hydrogen-bond acceptors (Lipinski definition) is 4. The molecule has 0 amide bonds. The van der Waals surface area contributed by atoms with Crippen LogP contribution in [0.2, 0.25) is 0 Å². The van der Waals surface area contributed by atoms with E-state index in [4.69, 9.17) is 19.9 Å². The number of hydrogen-bond donors (Lipinski definition) is 0. The molecule has 0 aliphatic heterocycles. The second-order valence-electron chi connectivity index (χ2n) is 14.7. The van der Waals surface area contributed by atoms with Crippen LogP contribution in [-0.4, -0.2) is 29.1 Å². The molecular weight excluding hydrogens is 709 g/mol. The van der Waals surface area contributed by atoms with E-state index in [1.54, 1.807) is 0 Å². The Hall–Kier alpha value is -7.96. The van der Waals surface area contributed by atoms with Crippen LogP contribution in [0.4, 0.5) is 0 Å². The Bertz CT molecular complexity index is 3460. The Morgan fingerprint density at radius 2 is 0.828 bits per heavy atom. The van der Waals surface area contributed by atoms with Gasteiger partial charge in [0, 0.05) is 50.1 Å². The van der Waals surface area contributed by atoms with Crippen LogP contribution in [0, 0.1) is 0 Å². The molecule has 12 rings (SSSR count). The molecule has 6 nitrogen and oxygen atoms in total. The first-order chi connectivity index (χ1) is 28.8. The van der Waals surface area contributed by atoms with Crippen molar-refractivity contribution in [1.29, 1.82) is 0 Å². The van der Waals surface area contributed by atoms with E-state index >= 15 is 0 Å². The predicted molar refractivity (Wildman–Crippen MR) is 238 cm³/mol. The maximum Gasteiger partial charge on any atom is 0.165 e. The molecule has 0 aliphatic rings. The van der Waals surface area contributed by atoms with Gasteiger partial charge in [0.1, 0.15) is 5.82 Å². The monoisotopic (exact) mass is 740 g/mol. The Balaban J connectivity index is 1.06. The lowest BCUT2D eigenvalue weighted by molar-refractivity contribution is 1.06. The molecule has 0 bridgehead atoms. The van der Waals surface area contributed by atoms with Gasteiger partial charge in [-0.3, -0.25) is 4.57 Å². The summed E-state index contributed by atoms with van der Waals surface area (Å²) in [6, 6.07) is 66.0. The fourth-order valence-corrected chi connectivity index (χ4v) is 8.77. The average Bonchev–Trinajstić information content (AvgIpc) is 3.80. The van der Waals surface area contributed by atoms with Crippen molar-refractivity contribution in [2.24, 2.45) is 0 Å². The molecule has 8 aromatic carbocycles. The number of nitrogens with zero attached hydrogens (tertiary/aromatic N) is 6. The van der Waals surface area contributed by atoms with Gasteiger partial charge in [-0.25, -0.2) is 19.9 Å². The van der Waals surface area contributed by atoms with Crippen molar-refractivity contribution in [1.82, 2.24) is 29.1 Å². The molecule has 0 atom stereocenters. The molecule has 0 aliphatic carbocycles. The second-order valence-corrected chi connectivity index (χ2v) is 14.7. The fourth-order valence-electron chi connectivity index (χ4n) is 8.77. The van der Waals surface area contributed by atoms with Crippen molar-refractivity contribution in [3.8, 4) is 45.7 Å². The van der Waals surface area contributed by atoms with E-state index in [1.165, 1.54) is 27.1 Å². The molecular formula is C52H32N6. The Kier molecular flexibility index (Phi) is 7.13. The van der Waals surface area contributed by atoms with Gasteiger partial charge in [-0.2, -0.15) is 0 Å². The highest BCUT2D eigenvalue weighted by atomic mass is 15.1. The summed E-state index contributed by atoms with van der Waals surface area (Å²) < 4.78 is 4.64. The fraction of sp³-hybridized carbons (Fsp3) is 0. The molecule has 0 saturated heterocycles. The van der Waals surface area contributed by atoms with Crippen molar-refractivity contribution in [2.75, 3.05) is 0 Å². The summed E-state index contributed by atoms with van der Waals surface area (Å²) in [6.45, 7) is 0. The van der Waals surface area contributed by atoms with Crippen molar-refractivity contribution in [3.05, 3.63) is 194 Å². The molecule has 0 radical (unpaired) electrons. The maximum absolute atomic E-state index is 5.16. The standard InChI is InChI=1S/C52H32N6/c1-2-18-36(19-3-1)57-45-26-10-8-22-39(45)43-30-44-40-23-9-11-27-46(40)58(48(44)31-47(43)57)49-29-28-35(32-53-49)50-54-51(41-24-12-16-33-14-4-6-20-37(33)41)56-52(55-50)42-25-13-17-34-15-5-7-21-38(34)42/h1-32H. The van der Waals surface area contributed by atoms with Crippen LogP contribution >= 0.6 is 0 Å². The molecule has 0 N–H and O–H groups in total. The molecule has 58 heavy (non-hydrogen) atoms. The van der Waals surface area contributed by atoms with E-state index in [-0.39, 0.29) is 0 Å². The largest absolute Gasteiger partial charge is 0.309 e. The molecule has 12 aromatic rings. The molecule has 0 saturated carbocycles. The highest BCUT2D eigenvalue weighted by Crippen LogP contribution is 2.40. The first kappa shape index (κ1) is 32.3. The van der Waals surface area contributed by atoms with E-state index in [2.05, 4.69) is 197 Å². The van der Waals surface area contributed by atoms with Crippen LogP contribution in [0.5, 0.6) is 0 Å². The SMILES string of the molecule is c1ccc(-n2c3ccccc3c3cc4c5ccccc5n(-c5ccc(-c6nc(-c7cccc8ccccc78)nc(-c7cccc8ccccc78)n6)cn5)c4cc32)cc1. The van der Waals surface area contributed by atoms with Crippen LogP contribution in [0.15, 0.2) is 194 Å². The number of para-hydroxylation sites is 3. The third-order valence-corrected chi connectivity index (χ3v) is 11.4. The van der Waals surface area contributed by atoms with Crippen molar-refractivity contribution in [2.45, 2.75) is 0 Å². The van der Waals surface area contributed by atoms with E-state index in [1.807, 2.05) is 6.20 Å². The molecule has 0 fully saturated rings. The lowest BCUT2D eigenvalue weighted by Gasteiger charge is -2.12. The van der Waals surface area contributed by atoms with Gasteiger partial charge < -0.3 is 4.57 Å². The van der Waals surface area contributed by atoms with Gasteiger partial charge >= 0.3 is 0 Å². The predicted octanol–water partition coefficient (Wildman–Crippen LogP) is 12.8. The first-order valence-corrected chi connectivity index (χ1v) is 19.5. The topological polar surface area (TPSA) is 61.4 Å². The summed E-state index contributed by atoms with van der Waals surface area (Å²) >= 11 is 0. The van der Waals surface area contributed by atoms with Gasteiger partial charge in [0.15, 0.2) is 17.5 Å². The Labute approximate surface area is 333 Å². The third-order valence-electron chi connectivity index (χ3n) is 11.4. The summed E-state index contributed by atoms with van der Waals surface area (Å²) in [5.41, 5.74) is 8.35. The minimum absolute atomic E-state index is 0.566. The van der Waals surface area contributed by atoms with Crippen LogP contribution < -0.4 is 0 Å². The van der Waals surface area contributed by atoms with Crippen molar-refractivity contribution >= 4 is 65.2 Å². The van der Waals surface area contributed by atoms with Gasteiger partial charge in [0.05, 0.1) is 22.1 Å². The quantitative estimate of drug-likeness (QED) is 0.176. The molecule has 0 unspecified atom stereocenters. The van der Waals surface area contributed by atoms with Crippen molar-refractivity contribution < 1.29 is 0 Å². The van der Waals surface area contributed by atoms with E-state index in [0.717, 1.165) is 66.3 Å². The molecule has 4 heterocycles. The van der Waals surface area contributed by atoms with Crippen LogP contribution in [0.1, 0.15) is 0 Å². The van der Waals surface area contributed by atoms with Crippen LogP contribution in [0.3, 0.4) is 0 Å². The smallest absolute Gasteiger partial charge is 0.165 e. The summed E-state index contributed by atoms with van der Waals surface area (Å²) in [6.07, 6.45) is 1.89. The van der Waals surface area contributed by atoms with Crippen molar-refractivity contribution in [3.63, 3.8) is 0 Å². The Morgan fingerprint density at radius 3 is 1.43 bits per heavy atom. The first-order valence-electron chi connectivity index (χ1n) is 19.5. The summed E-state index contributed by atoms with van der Waals surface area (Å²) in [5.74, 6) is 2.62. The van der Waals surface area contributed by atoms with Gasteiger partial charge in [0.25, 0.3) is 0 Å². The summed E-state index contributed by atoms with van der Waals surface area (Å²) in [4.78, 5) is 20.6. The summed E-state index contributed by atoms with van der Waals surface area (Å²) in [7, 11) is 0. The minimum atomic E-state index is 0.566. The lowest BCUT2D eigenvalue weighted by atomic mass is 10.0. The lowest BCUT2D eigenvalue weighted by Crippen LogP contribution is -2.02. The van der Waals surface area contributed by atoms with Gasteiger partial charge in [-0.1, -0.05) is 140 Å². The van der Waals surface area contributed by atoms with Crippen LogP contribution in [-0.2, 0) is 0 Å². The van der Waals surface area contributed by atoms with E-state index < -0.39 is 0 Å². The number of aromatic nitrogens is 6.